The Morgan fingerprint density at radius 3 is 2.79 bits per heavy atom. The molecule has 1 atom stereocenters. The SMILES string of the molecule is CC1CN(Cc2ccccc2OCC(=O)N(C)C)CC2(CCC2)O1. The summed E-state index contributed by atoms with van der Waals surface area (Å²) >= 11 is 0. The van der Waals surface area contributed by atoms with Crippen LogP contribution in [0.5, 0.6) is 5.75 Å². The molecule has 5 nitrogen and oxygen atoms in total. The number of para-hydroxylation sites is 1. The molecule has 1 saturated heterocycles. The first kappa shape index (κ1) is 17.2. The summed E-state index contributed by atoms with van der Waals surface area (Å²) in [4.78, 5) is 15.8. The van der Waals surface area contributed by atoms with Gasteiger partial charge in [-0.1, -0.05) is 18.2 Å². The number of rotatable bonds is 5. The van der Waals surface area contributed by atoms with Gasteiger partial charge in [-0.3, -0.25) is 9.69 Å². The van der Waals surface area contributed by atoms with E-state index in [0.29, 0.717) is 0 Å². The Kier molecular flexibility index (Phi) is 5.11. The molecule has 1 aromatic carbocycles. The first-order chi connectivity index (χ1) is 11.5. The second kappa shape index (κ2) is 7.11. The molecule has 2 fully saturated rings. The molecular formula is C19H28N2O3. The molecule has 2 aliphatic rings. The first-order valence-electron chi connectivity index (χ1n) is 8.78. The monoisotopic (exact) mass is 332 g/mol. The maximum atomic E-state index is 11.8. The number of amides is 1. The van der Waals surface area contributed by atoms with Crippen LogP contribution in [0, 0.1) is 0 Å². The predicted molar refractivity (Wildman–Crippen MR) is 93.0 cm³/mol. The average Bonchev–Trinajstić information content (AvgIpc) is 2.51. The maximum absolute atomic E-state index is 11.8. The molecule has 1 amide bonds. The van der Waals surface area contributed by atoms with Gasteiger partial charge >= 0.3 is 0 Å². The van der Waals surface area contributed by atoms with Crippen LogP contribution in [-0.4, -0.2) is 61.2 Å². The highest BCUT2D eigenvalue weighted by atomic mass is 16.5. The summed E-state index contributed by atoms with van der Waals surface area (Å²) in [5.74, 6) is 0.771. The number of hydrogen-bond acceptors (Lipinski definition) is 4. The third kappa shape index (κ3) is 3.90. The molecule has 3 rings (SSSR count). The lowest BCUT2D eigenvalue weighted by Gasteiger charge is -2.50. The van der Waals surface area contributed by atoms with Crippen molar-refractivity contribution >= 4 is 5.91 Å². The van der Waals surface area contributed by atoms with E-state index in [-0.39, 0.29) is 24.2 Å². The van der Waals surface area contributed by atoms with Crippen molar-refractivity contribution in [2.45, 2.75) is 44.4 Å². The minimum Gasteiger partial charge on any atom is -0.483 e. The van der Waals surface area contributed by atoms with Crippen LogP contribution in [0.1, 0.15) is 31.7 Å². The largest absolute Gasteiger partial charge is 0.483 e. The van der Waals surface area contributed by atoms with E-state index < -0.39 is 0 Å². The third-order valence-electron chi connectivity index (χ3n) is 4.96. The van der Waals surface area contributed by atoms with Gasteiger partial charge in [-0.25, -0.2) is 0 Å². The molecular weight excluding hydrogens is 304 g/mol. The standard InChI is InChI=1S/C19H28N2O3/c1-15-11-21(14-19(24-15)9-6-10-19)12-16-7-4-5-8-17(16)23-13-18(22)20(2)3/h4-5,7-8,15H,6,9-14H2,1-3H3. The summed E-state index contributed by atoms with van der Waals surface area (Å²) in [7, 11) is 3.48. The minimum atomic E-state index is -0.0294. The molecule has 1 saturated carbocycles. The van der Waals surface area contributed by atoms with Crippen molar-refractivity contribution in [2.24, 2.45) is 0 Å². The summed E-state index contributed by atoms with van der Waals surface area (Å²) in [6.07, 6.45) is 3.88. The van der Waals surface area contributed by atoms with Gasteiger partial charge < -0.3 is 14.4 Å². The van der Waals surface area contributed by atoms with Gasteiger partial charge in [-0.05, 0) is 32.3 Å². The Balaban J connectivity index is 1.65. The lowest BCUT2D eigenvalue weighted by atomic mass is 9.78. The van der Waals surface area contributed by atoms with Gasteiger partial charge in [0.15, 0.2) is 6.61 Å². The van der Waals surface area contributed by atoms with Crippen molar-refractivity contribution in [3.8, 4) is 5.75 Å². The maximum Gasteiger partial charge on any atom is 0.259 e. The Labute approximate surface area is 144 Å². The van der Waals surface area contributed by atoms with Gasteiger partial charge in [0, 0.05) is 39.3 Å². The first-order valence-corrected chi connectivity index (χ1v) is 8.78. The predicted octanol–water partition coefficient (Wildman–Crippen LogP) is 2.30. The molecule has 1 unspecified atom stereocenters. The summed E-state index contributed by atoms with van der Waals surface area (Å²) in [6, 6.07) is 8.01. The van der Waals surface area contributed by atoms with Gasteiger partial charge in [-0.2, -0.15) is 0 Å². The van der Waals surface area contributed by atoms with E-state index in [0.717, 1.165) is 30.9 Å². The number of carbonyl (C=O) groups is 1. The van der Waals surface area contributed by atoms with Crippen LogP contribution in [0.4, 0.5) is 0 Å². The molecule has 1 aliphatic heterocycles. The van der Waals surface area contributed by atoms with Gasteiger partial charge in [0.2, 0.25) is 0 Å². The fraction of sp³-hybridized carbons (Fsp3) is 0.632. The molecule has 0 aromatic heterocycles. The number of nitrogens with zero attached hydrogens (tertiary/aromatic N) is 2. The average molecular weight is 332 g/mol. The van der Waals surface area contributed by atoms with Crippen LogP contribution in [0.2, 0.25) is 0 Å². The van der Waals surface area contributed by atoms with Gasteiger partial charge in [0.25, 0.3) is 5.91 Å². The number of carbonyl (C=O) groups excluding carboxylic acids is 1. The molecule has 0 bridgehead atoms. The van der Waals surface area contributed by atoms with E-state index in [4.69, 9.17) is 9.47 Å². The Morgan fingerprint density at radius 1 is 1.38 bits per heavy atom. The summed E-state index contributed by atoms with van der Waals surface area (Å²) < 4.78 is 12.0. The second-order valence-corrected chi connectivity index (χ2v) is 7.32. The highest BCUT2D eigenvalue weighted by molar-refractivity contribution is 5.77. The number of morpholine rings is 1. The van der Waals surface area contributed by atoms with E-state index in [1.807, 2.05) is 18.2 Å². The normalized spacial score (nSPS) is 22.9. The molecule has 5 heteroatoms. The zero-order valence-corrected chi connectivity index (χ0v) is 15.0. The van der Waals surface area contributed by atoms with Crippen molar-refractivity contribution in [3.05, 3.63) is 29.8 Å². The minimum absolute atomic E-state index is 0.0294. The number of benzene rings is 1. The van der Waals surface area contributed by atoms with Crippen molar-refractivity contribution in [2.75, 3.05) is 33.8 Å². The molecule has 1 aromatic rings. The van der Waals surface area contributed by atoms with Crippen LogP contribution >= 0.6 is 0 Å². The fourth-order valence-electron chi connectivity index (χ4n) is 3.59. The molecule has 24 heavy (non-hydrogen) atoms. The van der Waals surface area contributed by atoms with E-state index >= 15 is 0 Å². The molecule has 132 valence electrons. The number of likely N-dealkylation sites (N-methyl/N-ethyl adjacent to an activating group) is 1. The smallest absolute Gasteiger partial charge is 0.259 e. The summed E-state index contributed by atoms with van der Waals surface area (Å²) in [6.45, 7) is 4.99. The van der Waals surface area contributed by atoms with Crippen LogP contribution < -0.4 is 4.74 Å². The Morgan fingerprint density at radius 2 is 2.12 bits per heavy atom. The Hall–Kier alpha value is -1.59. The van der Waals surface area contributed by atoms with Crippen LogP contribution in [0.3, 0.4) is 0 Å². The van der Waals surface area contributed by atoms with Crippen LogP contribution in [-0.2, 0) is 16.1 Å². The zero-order valence-electron chi connectivity index (χ0n) is 15.0. The van der Waals surface area contributed by atoms with E-state index in [2.05, 4.69) is 17.9 Å². The quantitative estimate of drug-likeness (QED) is 0.830. The van der Waals surface area contributed by atoms with Crippen LogP contribution in [0.15, 0.2) is 24.3 Å². The van der Waals surface area contributed by atoms with Crippen molar-refractivity contribution in [3.63, 3.8) is 0 Å². The topological polar surface area (TPSA) is 42.0 Å². The van der Waals surface area contributed by atoms with Crippen molar-refractivity contribution < 1.29 is 14.3 Å². The van der Waals surface area contributed by atoms with Gasteiger partial charge in [0.1, 0.15) is 5.75 Å². The highest BCUT2D eigenvalue weighted by Crippen LogP contribution is 2.40. The van der Waals surface area contributed by atoms with Crippen molar-refractivity contribution in [1.29, 1.82) is 0 Å². The Bertz CT molecular complexity index is 584. The number of hydrogen-bond donors (Lipinski definition) is 0. The molecule has 1 heterocycles. The van der Waals surface area contributed by atoms with E-state index in [1.165, 1.54) is 19.3 Å². The second-order valence-electron chi connectivity index (χ2n) is 7.32. The van der Waals surface area contributed by atoms with E-state index in [1.54, 1.807) is 19.0 Å². The van der Waals surface area contributed by atoms with Crippen LogP contribution in [0.25, 0.3) is 0 Å². The molecule has 0 N–H and O–H groups in total. The number of ether oxygens (including phenoxy) is 2. The highest BCUT2D eigenvalue weighted by Gasteiger charge is 2.44. The molecule has 0 radical (unpaired) electrons. The molecule has 1 spiro atoms. The van der Waals surface area contributed by atoms with Crippen molar-refractivity contribution in [1.82, 2.24) is 9.80 Å². The lowest BCUT2D eigenvalue weighted by molar-refractivity contribution is -0.186. The summed E-state index contributed by atoms with van der Waals surface area (Å²) in [5, 5.41) is 0. The third-order valence-corrected chi connectivity index (χ3v) is 4.96. The lowest BCUT2D eigenvalue weighted by Crippen LogP contribution is -2.57. The zero-order chi connectivity index (χ0) is 17.2. The van der Waals surface area contributed by atoms with Gasteiger partial charge in [-0.15, -0.1) is 0 Å². The van der Waals surface area contributed by atoms with E-state index in [9.17, 15) is 4.79 Å². The van der Waals surface area contributed by atoms with Gasteiger partial charge in [0.05, 0.1) is 11.7 Å². The molecule has 1 aliphatic carbocycles. The fourth-order valence-corrected chi connectivity index (χ4v) is 3.59. The summed E-state index contributed by atoms with van der Waals surface area (Å²) in [5.41, 5.74) is 1.21.